The smallest absolute Gasteiger partial charge is 0.263 e. The zero-order valence-electron chi connectivity index (χ0n) is 18.0. The van der Waals surface area contributed by atoms with Gasteiger partial charge >= 0.3 is 0 Å². The topological polar surface area (TPSA) is 43.9 Å². The zero-order chi connectivity index (χ0) is 21.1. The molecule has 1 aliphatic heterocycles. The predicted octanol–water partition coefficient (Wildman–Crippen LogP) is 3.68. The maximum absolute atomic E-state index is 13.2. The quantitative estimate of drug-likeness (QED) is 0.734. The molecule has 160 valence electrons. The lowest BCUT2D eigenvalue weighted by molar-refractivity contribution is -0.136. The third-order valence-corrected chi connectivity index (χ3v) is 7.63. The number of carbonyl (C=O) groups excluding carboxylic acids is 2. The van der Waals surface area contributed by atoms with Gasteiger partial charge in [0.15, 0.2) is 0 Å². The van der Waals surface area contributed by atoms with Gasteiger partial charge in [-0.2, -0.15) is 0 Å². The molecular formula is C24H31N3O2S. The first-order valence-corrected chi connectivity index (χ1v) is 11.9. The van der Waals surface area contributed by atoms with E-state index in [2.05, 4.69) is 29.2 Å². The first-order valence-electron chi connectivity index (χ1n) is 11.1. The normalized spacial score (nSPS) is 18.8. The van der Waals surface area contributed by atoms with Gasteiger partial charge in [-0.05, 0) is 56.9 Å². The molecule has 2 aromatic rings. The molecule has 0 spiro atoms. The van der Waals surface area contributed by atoms with Crippen molar-refractivity contribution in [3.63, 3.8) is 0 Å². The summed E-state index contributed by atoms with van der Waals surface area (Å²) in [5.74, 6) is 0.460. The van der Waals surface area contributed by atoms with Crippen LogP contribution in [-0.4, -0.2) is 60.9 Å². The maximum atomic E-state index is 13.2. The summed E-state index contributed by atoms with van der Waals surface area (Å²) in [6, 6.07) is 12.5. The van der Waals surface area contributed by atoms with Crippen molar-refractivity contribution in [1.29, 1.82) is 0 Å². The molecule has 6 heteroatoms. The number of fused-ring (bicyclic) bond motifs is 1. The Morgan fingerprint density at radius 3 is 2.43 bits per heavy atom. The minimum atomic E-state index is 0.0479. The third kappa shape index (κ3) is 4.24. The van der Waals surface area contributed by atoms with Crippen LogP contribution in [0.3, 0.4) is 0 Å². The van der Waals surface area contributed by atoms with Crippen molar-refractivity contribution in [3.05, 3.63) is 51.7 Å². The summed E-state index contributed by atoms with van der Waals surface area (Å²) < 4.78 is 0. The lowest BCUT2D eigenvalue weighted by Crippen LogP contribution is -2.51. The predicted molar refractivity (Wildman–Crippen MR) is 122 cm³/mol. The molecule has 1 atom stereocenters. The van der Waals surface area contributed by atoms with E-state index < -0.39 is 0 Å². The standard InChI is InChI=1S/C24H31N3O2S/c1-3-25(4-2)24(29)22-17-19-16-18(10-11-21(19)30-22)23(28)27-14-12-26(13-15-27)20-8-6-5-7-9-20/h5-9,17-18H,3-4,10-16H2,1-2H3/t18-/m1/s1. The van der Waals surface area contributed by atoms with Gasteiger partial charge in [0.2, 0.25) is 5.91 Å². The second-order valence-electron chi connectivity index (χ2n) is 8.12. The maximum Gasteiger partial charge on any atom is 0.263 e. The van der Waals surface area contributed by atoms with Gasteiger partial charge in [0.25, 0.3) is 5.91 Å². The molecule has 1 aromatic carbocycles. The van der Waals surface area contributed by atoms with Crippen molar-refractivity contribution < 1.29 is 9.59 Å². The summed E-state index contributed by atoms with van der Waals surface area (Å²) in [6.07, 6.45) is 2.57. The highest BCUT2D eigenvalue weighted by Gasteiger charge is 2.32. The Morgan fingerprint density at radius 1 is 1.07 bits per heavy atom. The van der Waals surface area contributed by atoms with Crippen molar-refractivity contribution in [2.75, 3.05) is 44.2 Å². The van der Waals surface area contributed by atoms with E-state index in [1.807, 2.05) is 35.8 Å². The molecule has 0 N–H and O–H groups in total. The molecule has 0 saturated carbocycles. The molecule has 4 rings (SSSR count). The summed E-state index contributed by atoms with van der Waals surface area (Å²) in [5.41, 5.74) is 2.44. The van der Waals surface area contributed by atoms with Crippen LogP contribution < -0.4 is 4.90 Å². The van der Waals surface area contributed by atoms with Gasteiger partial charge in [0.05, 0.1) is 4.88 Å². The van der Waals surface area contributed by atoms with Crippen LogP contribution in [0, 0.1) is 5.92 Å². The minimum Gasteiger partial charge on any atom is -0.368 e. The van der Waals surface area contributed by atoms with E-state index in [-0.39, 0.29) is 17.7 Å². The lowest BCUT2D eigenvalue weighted by Gasteiger charge is -2.38. The van der Waals surface area contributed by atoms with Crippen LogP contribution in [-0.2, 0) is 17.6 Å². The molecule has 2 heterocycles. The Hall–Kier alpha value is -2.34. The van der Waals surface area contributed by atoms with Crippen LogP contribution in [0.4, 0.5) is 5.69 Å². The average molecular weight is 426 g/mol. The van der Waals surface area contributed by atoms with Gasteiger partial charge < -0.3 is 14.7 Å². The van der Waals surface area contributed by atoms with E-state index >= 15 is 0 Å². The van der Waals surface area contributed by atoms with Gasteiger partial charge in [-0.1, -0.05) is 18.2 Å². The number of hydrogen-bond donors (Lipinski definition) is 0. The molecule has 0 radical (unpaired) electrons. The number of benzene rings is 1. The fraction of sp³-hybridized carbons (Fsp3) is 0.500. The molecule has 1 aliphatic carbocycles. The van der Waals surface area contributed by atoms with E-state index in [1.165, 1.54) is 16.1 Å². The van der Waals surface area contributed by atoms with E-state index in [9.17, 15) is 9.59 Å². The van der Waals surface area contributed by atoms with Crippen molar-refractivity contribution >= 4 is 28.8 Å². The first-order chi connectivity index (χ1) is 14.6. The molecule has 0 unspecified atom stereocenters. The minimum absolute atomic E-state index is 0.0479. The highest BCUT2D eigenvalue weighted by molar-refractivity contribution is 7.14. The summed E-state index contributed by atoms with van der Waals surface area (Å²) in [4.78, 5) is 34.3. The van der Waals surface area contributed by atoms with Crippen molar-refractivity contribution in [2.45, 2.75) is 33.1 Å². The average Bonchev–Trinajstić information content (AvgIpc) is 3.23. The number of thiophene rings is 1. The van der Waals surface area contributed by atoms with E-state index in [1.54, 1.807) is 11.3 Å². The van der Waals surface area contributed by atoms with Gasteiger partial charge in [-0.3, -0.25) is 9.59 Å². The fourth-order valence-electron chi connectivity index (χ4n) is 4.59. The number of para-hydroxylation sites is 1. The SMILES string of the molecule is CCN(CC)C(=O)c1cc2c(s1)CC[C@@H](C(=O)N1CCN(c3ccccc3)CC1)C2. The van der Waals surface area contributed by atoms with Crippen LogP contribution in [0.5, 0.6) is 0 Å². The van der Waals surface area contributed by atoms with Crippen LogP contribution >= 0.6 is 11.3 Å². The van der Waals surface area contributed by atoms with E-state index in [4.69, 9.17) is 0 Å². The van der Waals surface area contributed by atoms with Gasteiger partial charge in [-0.15, -0.1) is 11.3 Å². The number of piperazine rings is 1. The van der Waals surface area contributed by atoms with Crippen LogP contribution in [0.25, 0.3) is 0 Å². The van der Waals surface area contributed by atoms with E-state index in [0.29, 0.717) is 0 Å². The number of aryl methyl sites for hydroxylation is 1. The van der Waals surface area contributed by atoms with Gasteiger partial charge in [0, 0.05) is 55.8 Å². The van der Waals surface area contributed by atoms with Crippen LogP contribution in [0.2, 0.25) is 0 Å². The second kappa shape index (κ2) is 9.21. The summed E-state index contributed by atoms with van der Waals surface area (Å²) in [5, 5.41) is 0. The zero-order valence-corrected chi connectivity index (χ0v) is 18.8. The Labute approximate surface area is 183 Å². The Balaban J connectivity index is 1.37. The summed E-state index contributed by atoms with van der Waals surface area (Å²) >= 11 is 1.63. The van der Waals surface area contributed by atoms with Gasteiger partial charge in [-0.25, -0.2) is 0 Å². The lowest BCUT2D eigenvalue weighted by atomic mass is 9.87. The Bertz CT molecular complexity index is 883. The number of amides is 2. The van der Waals surface area contributed by atoms with Crippen molar-refractivity contribution in [2.24, 2.45) is 5.92 Å². The third-order valence-electron chi connectivity index (χ3n) is 6.41. The highest BCUT2D eigenvalue weighted by Crippen LogP contribution is 2.34. The summed E-state index contributed by atoms with van der Waals surface area (Å²) in [7, 11) is 0. The first kappa shape index (κ1) is 20.9. The molecule has 5 nitrogen and oxygen atoms in total. The number of anilines is 1. The molecule has 1 fully saturated rings. The van der Waals surface area contributed by atoms with Crippen molar-refractivity contribution in [1.82, 2.24) is 9.80 Å². The molecule has 2 amide bonds. The van der Waals surface area contributed by atoms with E-state index in [0.717, 1.165) is 63.4 Å². The fourth-order valence-corrected chi connectivity index (χ4v) is 5.76. The number of hydrogen-bond acceptors (Lipinski definition) is 4. The van der Waals surface area contributed by atoms with Gasteiger partial charge in [0.1, 0.15) is 0 Å². The highest BCUT2D eigenvalue weighted by atomic mass is 32.1. The molecule has 1 saturated heterocycles. The molecule has 1 aromatic heterocycles. The molecule has 0 bridgehead atoms. The second-order valence-corrected chi connectivity index (χ2v) is 9.26. The van der Waals surface area contributed by atoms with Crippen LogP contribution in [0.15, 0.2) is 36.4 Å². The number of carbonyl (C=O) groups is 2. The largest absolute Gasteiger partial charge is 0.368 e. The van der Waals surface area contributed by atoms with Crippen molar-refractivity contribution in [3.8, 4) is 0 Å². The van der Waals surface area contributed by atoms with Crippen LogP contribution in [0.1, 0.15) is 40.4 Å². The monoisotopic (exact) mass is 425 g/mol. The molecule has 30 heavy (non-hydrogen) atoms. The Kier molecular flexibility index (Phi) is 6.42. The summed E-state index contributed by atoms with van der Waals surface area (Å²) in [6.45, 7) is 8.83. The number of nitrogens with zero attached hydrogens (tertiary/aromatic N) is 3. The Morgan fingerprint density at radius 2 is 1.77 bits per heavy atom. The molecular weight excluding hydrogens is 394 g/mol. The molecule has 2 aliphatic rings. The number of rotatable bonds is 5.